The highest BCUT2D eigenvalue weighted by Gasteiger charge is 2.25. The third-order valence-electron chi connectivity index (χ3n) is 3.19. The van der Waals surface area contributed by atoms with Gasteiger partial charge in [-0.05, 0) is 45.4 Å². The zero-order chi connectivity index (χ0) is 14.4. The molecule has 0 aliphatic heterocycles. The fourth-order valence-corrected chi connectivity index (χ4v) is 2.81. The highest BCUT2D eigenvalue weighted by atomic mass is 32.2. The third kappa shape index (κ3) is 9.89. The van der Waals surface area contributed by atoms with Crippen molar-refractivity contribution in [1.82, 2.24) is 5.32 Å². The van der Waals surface area contributed by atoms with E-state index in [-0.39, 0.29) is 11.0 Å². The molecule has 18 heavy (non-hydrogen) atoms. The van der Waals surface area contributed by atoms with Crippen LogP contribution in [0.4, 0.5) is 0 Å². The Hall–Kier alpha value is -0.0900. The smallest absolute Gasteiger partial charge is 0.147 e. The van der Waals surface area contributed by atoms with Gasteiger partial charge in [0.1, 0.15) is 9.84 Å². The van der Waals surface area contributed by atoms with Crippen LogP contribution in [0.25, 0.3) is 0 Å². The molecule has 0 fully saturated rings. The molecule has 0 rings (SSSR count). The maximum atomic E-state index is 11.2. The highest BCUT2D eigenvalue weighted by molar-refractivity contribution is 7.90. The van der Waals surface area contributed by atoms with Crippen LogP contribution >= 0.6 is 0 Å². The van der Waals surface area contributed by atoms with Crippen molar-refractivity contribution in [1.29, 1.82) is 0 Å². The summed E-state index contributed by atoms with van der Waals surface area (Å²) in [6.07, 6.45) is 5.33. The van der Waals surface area contributed by atoms with Gasteiger partial charge in [0.05, 0.1) is 0 Å². The summed E-state index contributed by atoms with van der Waals surface area (Å²) in [4.78, 5) is 0. The highest BCUT2D eigenvalue weighted by Crippen LogP contribution is 2.29. The van der Waals surface area contributed by atoms with E-state index in [1.807, 2.05) is 0 Å². The molecule has 0 aromatic heterocycles. The topological polar surface area (TPSA) is 46.2 Å². The first-order valence-electron chi connectivity index (χ1n) is 6.90. The Morgan fingerprint density at radius 1 is 1.06 bits per heavy atom. The zero-order valence-corrected chi connectivity index (χ0v) is 13.8. The number of rotatable bonds is 8. The minimum atomic E-state index is -2.83. The molecule has 0 saturated carbocycles. The van der Waals surface area contributed by atoms with Gasteiger partial charge in [0.25, 0.3) is 0 Å². The van der Waals surface area contributed by atoms with Gasteiger partial charge in [0, 0.05) is 24.1 Å². The van der Waals surface area contributed by atoms with Gasteiger partial charge in [0.15, 0.2) is 0 Å². The standard InChI is InChI=1S/C14H31NO2S/c1-7-9-14(5,12-15-13(2,3)4)10-8-11-18(6,16)17/h15H,7-12H2,1-6H3. The van der Waals surface area contributed by atoms with Gasteiger partial charge in [-0.15, -0.1) is 0 Å². The number of hydrogen-bond donors (Lipinski definition) is 1. The van der Waals surface area contributed by atoms with Gasteiger partial charge >= 0.3 is 0 Å². The van der Waals surface area contributed by atoms with Crippen LogP contribution < -0.4 is 5.32 Å². The van der Waals surface area contributed by atoms with Gasteiger partial charge < -0.3 is 5.32 Å². The van der Waals surface area contributed by atoms with Crippen LogP contribution in [0.5, 0.6) is 0 Å². The fraction of sp³-hybridized carbons (Fsp3) is 1.00. The van der Waals surface area contributed by atoms with Gasteiger partial charge in [0.2, 0.25) is 0 Å². The van der Waals surface area contributed by atoms with E-state index in [1.54, 1.807) is 0 Å². The van der Waals surface area contributed by atoms with Gasteiger partial charge in [-0.1, -0.05) is 20.3 Å². The Balaban J connectivity index is 4.33. The monoisotopic (exact) mass is 277 g/mol. The second kappa shape index (κ2) is 6.90. The first kappa shape index (κ1) is 17.9. The molecule has 1 unspecified atom stereocenters. The molecule has 0 aliphatic rings. The van der Waals surface area contributed by atoms with Gasteiger partial charge in [-0.3, -0.25) is 0 Å². The molecule has 0 aromatic carbocycles. The molecule has 0 aromatic rings. The quantitative estimate of drug-likeness (QED) is 0.742. The molecule has 0 heterocycles. The van der Waals surface area contributed by atoms with Crippen LogP contribution in [0.2, 0.25) is 0 Å². The van der Waals surface area contributed by atoms with E-state index in [0.717, 1.165) is 32.2 Å². The number of hydrogen-bond acceptors (Lipinski definition) is 3. The average Bonchev–Trinajstić information content (AvgIpc) is 2.12. The molecular weight excluding hydrogens is 246 g/mol. The number of sulfone groups is 1. The van der Waals surface area contributed by atoms with Crippen LogP contribution in [-0.4, -0.2) is 32.5 Å². The fourth-order valence-electron chi connectivity index (χ4n) is 2.15. The molecular formula is C14H31NO2S. The van der Waals surface area contributed by atoms with Crippen LogP contribution in [0, 0.1) is 5.41 Å². The molecule has 1 atom stereocenters. The van der Waals surface area contributed by atoms with Crippen molar-refractivity contribution in [2.45, 2.75) is 65.8 Å². The van der Waals surface area contributed by atoms with E-state index >= 15 is 0 Å². The summed E-state index contributed by atoms with van der Waals surface area (Å²) in [5.41, 5.74) is 0.318. The predicted octanol–water partition coefficient (Wildman–Crippen LogP) is 3.01. The van der Waals surface area contributed by atoms with Crippen LogP contribution in [0.3, 0.4) is 0 Å². The van der Waals surface area contributed by atoms with Crippen molar-refractivity contribution in [3.63, 3.8) is 0 Å². The van der Waals surface area contributed by atoms with Gasteiger partial charge in [-0.25, -0.2) is 8.42 Å². The molecule has 0 radical (unpaired) electrons. The molecule has 4 heteroatoms. The normalized spacial score (nSPS) is 16.6. The lowest BCUT2D eigenvalue weighted by Gasteiger charge is -2.33. The Kier molecular flexibility index (Phi) is 6.86. The number of nitrogens with one attached hydrogen (secondary N) is 1. The third-order valence-corrected chi connectivity index (χ3v) is 4.22. The first-order chi connectivity index (χ1) is 7.97. The SMILES string of the molecule is CCCC(C)(CCCS(C)(=O)=O)CNC(C)(C)C. The zero-order valence-electron chi connectivity index (χ0n) is 13.0. The average molecular weight is 277 g/mol. The van der Waals surface area contributed by atoms with E-state index in [2.05, 4.69) is 39.9 Å². The Labute approximate surface area is 114 Å². The Morgan fingerprint density at radius 2 is 1.61 bits per heavy atom. The van der Waals surface area contributed by atoms with E-state index in [0.29, 0.717) is 5.75 Å². The maximum Gasteiger partial charge on any atom is 0.147 e. The summed E-state index contributed by atoms with van der Waals surface area (Å²) in [5, 5.41) is 3.55. The first-order valence-corrected chi connectivity index (χ1v) is 8.96. The lowest BCUT2D eigenvalue weighted by Crippen LogP contribution is -2.43. The van der Waals surface area contributed by atoms with Crippen molar-refractivity contribution in [2.75, 3.05) is 18.6 Å². The summed E-state index contributed by atoms with van der Waals surface area (Å²) in [7, 11) is -2.83. The van der Waals surface area contributed by atoms with Crippen molar-refractivity contribution < 1.29 is 8.42 Å². The minimum Gasteiger partial charge on any atom is -0.312 e. The van der Waals surface area contributed by atoms with Crippen LogP contribution in [-0.2, 0) is 9.84 Å². The second-order valence-electron chi connectivity index (χ2n) is 6.90. The van der Waals surface area contributed by atoms with E-state index in [9.17, 15) is 8.42 Å². The molecule has 0 aliphatic carbocycles. The largest absolute Gasteiger partial charge is 0.312 e. The summed E-state index contributed by atoms with van der Waals surface area (Å²) < 4.78 is 22.4. The Morgan fingerprint density at radius 3 is 2.00 bits per heavy atom. The summed E-state index contributed by atoms with van der Waals surface area (Å²) in [6, 6.07) is 0. The molecule has 1 N–H and O–H groups in total. The molecule has 3 nitrogen and oxygen atoms in total. The van der Waals surface area contributed by atoms with Crippen LogP contribution in [0.15, 0.2) is 0 Å². The van der Waals surface area contributed by atoms with Crippen molar-refractivity contribution >= 4 is 9.84 Å². The summed E-state index contributed by atoms with van der Waals surface area (Å²) in [6.45, 7) is 11.9. The van der Waals surface area contributed by atoms with Gasteiger partial charge in [-0.2, -0.15) is 0 Å². The summed E-state index contributed by atoms with van der Waals surface area (Å²) in [5.74, 6) is 0.307. The van der Waals surface area contributed by atoms with E-state index in [1.165, 1.54) is 6.26 Å². The molecule has 0 amide bonds. The maximum absolute atomic E-state index is 11.2. The lowest BCUT2D eigenvalue weighted by atomic mass is 9.80. The van der Waals surface area contributed by atoms with E-state index in [4.69, 9.17) is 0 Å². The van der Waals surface area contributed by atoms with E-state index < -0.39 is 9.84 Å². The van der Waals surface area contributed by atoms with Crippen LogP contribution in [0.1, 0.15) is 60.3 Å². The molecule has 0 bridgehead atoms. The predicted molar refractivity (Wildman–Crippen MR) is 79.7 cm³/mol. The molecule has 110 valence electrons. The lowest BCUT2D eigenvalue weighted by molar-refractivity contribution is 0.227. The summed E-state index contributed by atoms with van der Waals surface area (Å²) >= 11 is 0. The molecule has 0 spiro atoms. The van der Waals surface area contributed by atoms with Crippen molar-refractivity contribution in [3.05, 3.63) is 0 Å². The molecule has 0 saturated heterocycles. The van der Waals surface area contributed by atoms with Crippen molar-refractivity contribution in [3.8, 4) is 0 Å². The minimum absolute atomic E-state index is 0.117. The second-order valence-corrected chi connectivity index (χ2v) is 9.16. The van der Waals surface area contributed by atoms with Crippen molar-refractivity contribution in [2.24, 2.45) is 5.41 Å². The Bertz CT molecular complexity index is 330.